The molecule has 5 unspecified atom stereocenters. The van der Waals surface area contributed by atoms with E-state index in [1.165, 1.54) is 32.1 Å². The number of fused-ring (bicyclic) bond motifs is 5. The van der Waals surface area contributed by atoms with E-state index in [1.807, 2.05) is 0 Å². The summed E-state index contributed by atoms with van der Waals surface area (Å²) in [5.74, 6) is 5.14. The quantitative estimate of drug-likeness (QED) is 0.604. The van der Waals surface area contributed by atoms with Gasteiger partial charge in [-0.3, -0.25) is 4.79 Å². The zero-order valence-electron chi connectivity index (χ0n) is 19.4. The molecule has 29 heavy (non-hydrogen) atoms. The molecule has 0 aromatic carbocycles. The first-order valence-corrected chi connectivity index (χ1v) is 12.5. The zero-order valence-corrected chi connectivity index (χ0v) is 19.4. The largest absolute Gasteiger partial charge is 0.481 e. The standard InChI is InChI=1S/C26H44O3/c1-15(6-9-23(28)29)20-7-8-21-24-16(2)12-18-14-19(27)10-11-25(18,4)22(24)13-17(3)26(20,21)5/h15-22,24,27H,6-14H2,1-5H3,(H,28,29)/t15?,16?,17?,18-,19?,20?,21+,22+,24+,25+,26-/m1/s1. The summed E-state index contributed by atoms with van der Waals surface area (Å²) in [6.07, 6.45) is 9.58. The van der Waals surface area contributed by atoms with Crippen molar-refractivity contribution >= 4 is 5.97 Å². The lowest BCUT2D eigenvalue weighted by molar-refractivity contribution is -0.168. The molecule has 3 nitrogen and oxygen atoms in total. The minimum Gasteiger partial charge on any atom is -0.481 e. The van der Waals surface area contributed by atoms with Crippen molar-refractivity contribution < 1.29 is 15.0 Å². The fraction of sp³-hybridized carbons (Fsp3) is 0.962. The van der Waals surface area contributed by atoms with Crippen LogP contribution in [-0.2, 0) is 4.79 Å². The van der Waals surface area contributed by atoms with Gasteiger partial charge in [0, 0.05) is 6.42 Å². The number of carboxylic acid groups (broad SMARTS) is 1. The molecule has 0 saturated heterocycles. The Morgan fingerprint density at radius 2 is 1.79 bits per heavy atom. The maximum atomic E-state index is 11.2. The smallest absolute Gasteiger partial charge is 0.303 e. The molecule has 0 aliphatic heterocycles. The second kappa shape index (κ2) is 7.53. The first kappa shape index (κ1) is 21.7. The number of hydrogen-bond acceptors (Lipinski definition) is 2. The Balaban J connectivity index is 1.61. The number of carbonyl (C=O) groups is 1. The summed E-state index contributed by atoms with van der Waals surface area (Å²) in [4.78, 5) is 11.2. The van der Waals surface area contributed by atoms with Crippen LogP contribution in [0.3, 0.4) is 0 Å². The van der Waals surface area contributed by atoms with Gasteiger partial charge in [0.25, 0.3) is 0 Å². The SMILES string of the molecule is CC(CCC(=O)O)C1CC[C@H]2[C@@H]3C(C)C[C@@H]4CC(O)CC[C@]4(C)[C@H]3CC(C)[C@]12C. The molecular formula is C26H44O3. The van der Waals surface area contributed by atoms with Crippen molar-refractivity contribution in [3.63, 3.8) is 0 Å². The van der Waals surface area contributed by atoms with E-state index in [9.17, 15) is 15.0 Å². The molecule has 4 fully saturated rings. The van der Waals surface area contributed by atoms with Crippen LogP contribution >= 0.6 is 0 Å². The first-order chi connectivity index (χ1) is 13.6. The molecule has 0 aromatic rings. The molecule has 4 saturated carbocycles. The van der Waals surface area contributed by atoms with Gasteiger partial charge in [0.15, 0.2) is 0 Å². The van der Waals surface area contributed by atoms with Crippen molar-refractivity contribution in [3.05, 3.63) is 0 Å². The highest BCUT2D eigenvalue weighted by atomic mass is 16.4. The van der Waals surface area contributed by atoms with Gasteiger partial charge in [-0.2, -0.15) is 0 Å². The van der Waals surface area contributed by atoms with Gasteiger partial charge in [0.1, 0.15) is 0 Å². The minimum atomic E-state index is -0.646. The molecule has 0 amide bonds. The molecule has 4 aliphatic rings. The average molecular weight is 405 g/mol. The molecule has 2 N–H and O–H groups in total. The monoisotopic (exact) mass is 404 g/mol. The third kappa shape index (κ3) is 3.29. The number of aliphatic hydroxyl groups excluding tert-OH is 1. The fourth-order valence-electron chi connectivity index (χ4n) is 9.48. The predicted octanol–water partition coefficient (Wildman–Crippen LogP) is 6.00. The predicted molar refractivity (Wildman–Crippen MR) is 116 cm³/mol. The van der Waals surface area contributed by atoms with Crippen molar-refractivity contribution in [1.29, 1.82) is 0 Å². The summed E-state index contributed by atoms with van der Waals surface area (Å²) >= 11 is 0. The van der Waals surface area contributed by atoms with Gasteiger partial charge >= 0.3 is 5.97 Å². The molecular weight excluding hydrogens is 360 g/mol. The minimum absolute atomic E-state index is 0.0750. The third-order valence-corrected chi connectivity index (χ3v) is 11.2. The lowest BCUT2D eigenvalue weighted by atomic mass is 9.40. The summed E-state index contributed by atoms with van der Waals surface area (Å²) in [6, 6.07) is 0. The summed E-state index contributed by atoms with van der Waals surface area (Å²) < 4.78 is 0. The third-order valence-electron chi connectivity index (χ3n) is 11.2. The molecule has 0 heterocycles. The topological polar surface area (TPSA) is 57.5 Å². The Hall–Kier alpha value is -0.570. The van der Waals surface area contributed by atoms with E-state index < -0.39 is 5.97 Å². The molecule has 4 rings (SSSR count). The van der Waals surface area contributed by atoms with Gasteiger partial charge in [-0.05, 0) is 110 Å². The molecule has 3 heteroatoms. The Bertz CT molecular complexity index is 631. The van der Waals surface area contributed by atoms with Crippen LogP contribution in [0.4, 0.5) is 0 Å². The second-order valence-electron chi connectivity index (χ2n) is 12.2. The molecule has 0 radical (unpaired) electrons. The number of aliphatic hydroxyl groups is 1. The summed E-state index contributed by atoms with van der Waals surface area (Å²) in [5.41, 5.74) is 0.781. The van der Waals surface area contributed by atoms with Crippen molar-refractivity contribution in [2.45, 2.75) is 98.5 Å². The Morgan fingerprint density at radius 1 is 1.07 bits per heavy atom. The van der Waals surface area contributed by atoms with Crippen molar-refractivity contribution in [2.75, 3.05) is 0 Å². The molecule has 0 spiro atoms. The van der Waals surface area contributed by atoms with Gasteiger partial charge in [-0.15, -0.1) is 0 Å². The van der Waals surface area contributed by atoms with E-state index in [0.717, 1.165) is 42.9 Å². The van der Waals surface area contributed by atoms with Crippen LogP contribution in [0, 0.1) is 58.2 Å². The molecule has 166 valence electrons. The highest BCUT2D eigenvalue weighted by Gasteiger charge is 2.64. The number of carboxylic acids is 1. The molecule has 11 atom stereocenters. The van der Waals surface area contributed by atoms with Crippen LogP contribution in [0.2, 0.25) is 0 Å². The number of aliphatic carboxylic acids is 1. The number of hydrogen-bond donors (Lipinski definition) is 2. The van der Waals surface area contributed by atoms with Gasteiger partial charge in [0.05, 0.1) is 6.10 Å². The Morgan fingerprint density at radius 3 is 2.48 bits per heavy atom. The van der Waals surface area contributed by atoms with E-state index in [-0.39, 0.29) is 6.10 Å². The van der Waals surface area contributed by atoms with Crippen LogP contribution < -0.4 is 0 Å². The van der Waals surface area contributed by atoms with Gasteiger partial charge < -0.3 is 10.2 Å². The molecule has 0 bridgehead atoms. The summed E-state index contributed by atoms with van der Waals surface area (Å²) in [7, 11) is 0. The number of rotatable bonds is 4. The highest BCUT2D eigenvalue weighted by molar-refractivity contribution is 5.66. The van der Waals surface area contributed by atoms with Crippen LogP contribution in [0.15, 0.2) is 0 Å². The van der Waals surface area contributed by atoms with E-state index >= 15 is 0 Å². The fourth-order valence-corrected chi connectivity index (χ4v) is 9.48. The maximum absolute atomic E-state index is 11.2. The van der Waals surface area contributed by atoms with Crippen LogP contribution in [-0.4, -0.2) is 22.3 Å². The Labute approximate surface area is 178 Å². The normalized spacial score (nSPS) is 52.9. The van der Waals surface area contributed by atoms with Crippen molar-refractivity contribution in [1.82, 2.24) is 0 Å². The van der Waals surface area contributed by atoms with Crippen molar-refractivity contribution in [2.24, 2.45) is 58.2 Å². The second-order valence-corrected chi connectivity index (χ2v) is 12.2. The van der Waals surface area contributed by atoms with Gasteiger partial charge in [-0.1, -0.05) is 34.6 Å². The Kier molecular flexibility index (Phi) is 5.63. The van der Waals surface area contributed by atoms with E-state index in [4.69, 9.17) is 0 Å². The van der Waals surface area contributed by atoms with Gasteiger partial charge in [0.2, 0.25) is 0 Å². The highest BCUT2D eigenvalue weighted by Crippen LogP contribution is 2.70. The van der Waals surface area contributed by atoms with Crippen LogP contribution in [0.1, 0.15) is 92.4 Å². The first-order valence-electron chi connectivity index (χ1n) is 12.5. The maximum Gasteiger partial charge on any atom is 0.303 e. The lowest BCUT2D eigenvalue weighted by Crippen LogP contribution is -2.58. The van der Waals surface area contributed by atoms with Crippen molar-refractivity contribution in [3.8, 4) is 0 Å². The average Bonchev–Trinajstić information content (AvgIpc) is 3.01. The zero-order chi connectivity index (χ0) is 21.1. The lowest BCUT2D eigenvalue weighted by Gasteiger charge is -2.64. The summed E-state index contributed by atoms with van der Waals surface area (Å²) in [6.45, 7) is 12.5. The van der Waals surface area contributed by atoms with E-state index in [2.05, 4.69) is 34.6 Å². The molecule has 0 aromatic heterocycles. The van der Waals surface area contributed by atoms with E-state index in [0.29, 0.717) is 40.9 Å². The van der Waals surface area contributed by atoms with E-state index in [1.54, 1.807) is 0 Å². The molecule has 4 aliphatic carbocycles. The van der Waals surface area contributed by atoms with Crippen LogP contribution in [0.25, 0.3) is 0 Å². The summed E-state index contributed by atoms with van der Waals surface area (Å²) in [5, 5.41) is 19.5. The van der Waals surface area contributed by atoms with Crippen LogP contribution in [0.5, 0.6) is 0 Å². The van der Waals surface area contributed by atoms with Gasteiger partial charge in [-0.25, -0.2) is 0 Å².